The van der Waals surface area contributed by atoms with Gasteiger partial charge in [0.15, 0.2) is 5.78 Å². The monoisotopic (exact) mass is 369 g/mol. The lowest BCUT2D eigenvalue weighted by atomic mass is 9.87. The molecule has 0 saturated heterocycles. The summed E-state index contributed by atoms with van der Waals surface area (Å²) in [5, 5.41) is 10.8. The predicted octanol–water partition coefficient (Wildman–Crippen LogP) is 2.77. The Labute approximate surface area is 160 Å². The minimum atomic E-state index is 0.0380. The highest BCUT2D eigenvalue weighted by molar-refractivity contribution is 6.22. The molecule has 144 valence electrons. The highest BCUT2D eigenvalue weighted by Gasteiger charge is 2.21. The lowest BCUT2D eigenvalue weighted by Gasteiger charge is -2.20. The van der Waals surface area contributed by atoms with E-state index in [0.29, 0.717) is 26.4 Å². The summed E-state index contributed by atoms with van der Waals surface area (Å²) in [5.74, 6) is 0.144. The fourth-order valence-corrected chi connectivity index (χ4v) is 3.32. The maximum Gasteiger partial charge on any atom is 0.189 e. The molecule has 3 rings (SSSR count). The zero-order valence-electron chi connectivity index (χ0n) is 15.8. The largest absolute Gasteiger partial charge is 0.394 e. The summed E-state index contributed by atoms with van der Waals surface area (Å²) in [6.45, 7) is 3.64. The summed E-state index contributed by atoms with van der Waals surface area (Å²) in [4.78, 5) is 15.0. The zero-order valence-corrected chi connectivity index (χ0v) is 15.8. The topological polar surface area (TPSA) is 59.0 Å². The Balaban J connectivity index is 1.49. The Morgan fingerprint density at radius 3 is 2.48 bits per heavy atom. The smallest absolute Gasteiger partial charge is 0.189 e. The maximum atomic E-state index is 12.9. The van der Waals surface area contributed by atoms with Gasteiger partial charge in [0.1, 0.15) is 0 Å². The van der Waals surface area contributed by atoms with Gasteiger partial charge in [0.25, 0.3) is 0 Å². The molecule has 0 spiro atoms. The molecule has 5 heteroatoms. The van der Waals surface area contributed by atoms with E-state index in [9.17, 15) is 4.79 Å². The van der Waals surface area contributed by atoms with Crippen molar-refractivity contribution in [2.75, 3.05) is 53.2 Å². The first kappa shape index (κ1) is 19.7. The molecule has 0 heterocycles. The van der Waals surface area contributed by atoms with Crippen LogP contribution in [0.1, 0.15) is 22.3 Å². The SMILES string of the molecule is CN(CCOCCOCCO)CCC1=Cc2cccc3cccc(c23)C1=O. The predicted molar refractivity (Wildman–Crippen MR) is 107 cm³/mol. The van der Waals surface area contributed by atoms with Gasteiger partial charge < -0.3 is 19.5 Å². The number of rotatable bonds is 11. The van der Waals surface area contributed by atoms with E-state index in [4.69, 9.17) is 14.6 Å². The number of nitrogens with zero attached hydrogens (tertiary/aromatic N) is 1. The molecule has 1 N–H and O–H groups in total. The van der Waals surface area contributed by atoms with Crippen LogP contribution in [0.4, 0.5) is 0 Å². The van der Waals surface area contributed by atoms with E-state index in [1.165, 1.54) is 0 Å². The molecule has 0 fully saturated rings. The second kappa shape index (κ2) is 9.76. The van der Waals surface area contributed by atoms with Crippen molar-refractivity contribution in [1.82, 2.24) is 4.90 Å². The summed E-state index contributed by atoms with van der Waals surface area (Å²) in [5.41, 5.74) is 2.81. The number of aliphatic hydroxyl groups is 1. The standard InChI is InChI=1S/C22H27NO4/c1-23(10-12-26-14-15-27-13-11-24)9-8-19-16-18-6-2-4-17-5-3-7-20(21(17)18)22(19)25/h2-7,16,24H,8-15H2,1H3. The molecule has 27 heavy (non-hydrogen) atoms. The number of hydrogen-bond donors (Lipinski definition) is 1. The van der Waals surface area contributed by atoms with Gasteiger partial charge in [0.2, 0.25) is 0 Å². The number of ketones is 1. The summed E-state index contributed by atoms with van der Waals surface area (Å²) in [6, 6.07) is 12.1. The molecule has 0 bridgehead atoms. The highest BCUT2D eigenvalue weighted by Crippen LogP contribution is 2.32. The number of carbonyl (C=O) groups is 1. The van der Waals surface area contributed by atoms with E-state index < -0.39 is 0 Å². The summed E-state index contributed by atoms with van der Waals surface area (Å²) in [7, 11) is 2.04. The minimum Gasteiger partial charge on any atom is -0.394 e. The second-order valence-electron chi connectivity index (χ2n) is 6.75. The molecule has 0 aromatic heterocycles. The van der Waals surface area contributed by atoms with Crippen LogP contribution in [0.15, 0.2) is 42.0 Å². The normalized spacial score (nSPS) is 13.4. The van der Waals surface area contributed by atoms with Crippen molar-refractivity contribution < 1.29 is 19.4 Å². The molecule has 2 aromatic carbocycles. The van der Waals surface area contributed by atoms with E-state index in [1.807, 2.05) is 31.3 Å². The fraction of sp³-hybridized carbons (Fsp3) is 0.409. The van der Waals surface area contributed by atoms with E-state index in [2.05, 4.69) is 23.1 Å². The number of benzene rings is 2. The van der Waals surface area contributed by atoms with Crippen molar-refractivity contribution in [2.45, 2.75) is 6.42 Å². The van der Waals surface area contributed by atoms with E-state index in [1.54, 1.807) is 0 Å². The van der Waals surface area contributed by atoms with Gasteiger partial charge in [-0.1, -0.05) is 36.4 Å². The van der Waals surface area contributed by atoms with Crippen LogP contribution in [0, 0.1) is 0 Å². The van der Waals surface area contributed by atoms with Crippen LogP contribution < -0.4 is 0 Å². The van der Waals surface area contributed by atoms with Gasteiger partial charge in [-0.2, -0.15) is 0 Å². The van der Waals surface area contributed by atoms with Crippen LogP contribution in [-0.4, -0.2) is 69.0 Å². The molecular weight excluding hydrogens is 342 g/mol. The first-order valence-corrected chi connectivity index (χ1v) is 9.42. The lowest BCUT2D eigenvalue weighted by molar-refractivity contribution is 0.0283. The quantitative estimate of drug-likeness (QED) is 0.617. The first-order valence-electron chi connectivity index (χ1n) is 9.42. The minimum absolute atomic E-state index is 0.0380. The van der Waals surface area contributed by atoms with Gasteiger partial charge in [-0.3, -0.25) is 4.79 Å². The number of ether oxygens (including phenoxy) is 2. The molecule has 2 aromatic rings. The molecular formula is C22H27NO4. The third-order valence-corrected chi connectivity index (χ3v) is 4.79. The van der Waals surface area contributed by atoms with Crippen molar-refractivity contribution in [3.8, 4) is 0 Å². The fourth-order valence-electron chi connectivity index (χ4n) is 3.32. The summed E-state index contributed by atoms with van der Waals surface area (Å²) >= 11 is 0. The van der Waals surface area contributed by atoms with Crippen LogP contribution in [0.5, 0.6) is 0 Å². The number of likely N-dealkylation sites (N-methyl/N-ethyl adjacent to an activating group) is 1. The molecule has 0 saturated carbocycles. The number of carbonyl (C=O) groups excluding carboxylic acids is 1. The Bertz CT molecular complexity index is 810. The third kappa shape index (κ3) is 5.02. The Morgan fingerprint density at radius 1 is 0.963 bits per heavy atom. The summed E-state index contributed by atoms with van der Waals surface area (Å²) in [6.07, 6.45) is 2.76. The third-order valence-electron chi connectivity index (χ3n) is 4.79. The Morgan fingerprint density at radius 2 is 1.70 bits per heavy atom. The van der Waals surface area contributed by atoms with Gasteiger partial charge >= 0.3 is 0 Å². The number of hydrogen-bond acceptors (Lipinski definition) is 5. The van der Waals surface area contributed by atoms with E-state index >= 15 is 0 Å². The zero-order chi connectivity index (χ0) is 19.1. The molecule has 1 aliphatic carbocycles. The van der Waals surface area contributed by atoms with Crippen molar-refractivity contribution >= 4 is 22.6 Å². The van der Waals surface area contributed by atoms with Gasteiger partial charge in [0.05, 0.1) is 33.0 Å². The number of aliphatic hydroxyl groups excluding tert-OH is 1. The maximum absolute atomic E-state index is 12.9. The second-order valence-corrected chi connectivity index (χ2v) is 6.75. The Hall–Kier alpha value is -2.05. The average Bonchev–Trinajstić information content (AvgIpc) is 2.69. The molecule has 0 amide bonds. The van der Waals surface area contributed by atoms with Crippen molar-refractivity contribution in [2.24, 2.45) is 0 Å². The Kier molecular flexibility index (Phi) is 7.12. The van der Waals surface area contributed by atoms with Gasteiger partial charge in [-0.15, -0.1) is 0 Å². The molecule has 1 aliphatic rings. The first-order chi connectivity index (χ1) is 13.2. The van der Waals surface area contributed by atoms with Crippen molar-refractivity contribution in [3.05, 3.63) is 53.1 Å². The average molecular weight is 369 g/mol. The molecule has 5 nitrogen and oxygen atoms in total. The van der Waals surface area contributed by atoms with Gasteiger partial charge in [0, 0.05) is 29.6 Å². The summed E-state index contributed by atoms with van der Waals surface area (Å²) < 4.78 is 10.7. The molecule has 0 aliphatic heterocycles. The van der Waals surface area contributed by atoms with Crippen LogP contribution >= 0.6 is 0 Å². The van der Waals surface area contributed by atoms with Crippen LogP contribution in [-0.2, 0) is 9.47 Å². The molecule has 0 radical (unpaired) electrons. The van der Waals surface area contributed by atoms with Crippen molar-refractivity contribution in [3.63, 3.8) is 0 Å². The molecule has 0 atom stereocenters. The lowest BCUT2D eigenvalue weighted by Crippen LogP contribution is -2.26. The van der Waals surface area contributed by atoms with E-state index in [0.717, 1.165) is 47.0 Å². The van der Waals surface area contributed by atoms with Crippen LogP contribution in [0.3, 0.4) is 0 Å². The molecule has 0 unspecified atom stereocenters. The van der Waals surface area contributed by atoms with Crippen molar-refractivity contribution in [1.29, 1.82) is 0 Å². The van der Waals surface area contributed by atoms with Crippen LogP contribution in [0.25, 0.3) is 16.8 Å². The van der Waals surface area contributed by atoms with Gasteiger partial charge in [-0.25, -0.2) is 0 Å². The van der Waals surface area contributed by atoms with E-state index in [-0.39, 0.29) is 12.4 Å². The van der Waals surface area contributed by atoms with Gasteiger partial charge in [-0.05, 0) is 30.5 Å². The highest BCUT2D eigenvalue weighted by atomic mass is 16.5. The number of Topliss-reactive ketones (excluding diaryl/α,β-unsaturated/α-hetero) is 1. The van der Waals surface area contributed by atoms with Crippen LogP contribution in [0.2, 0.25) is 0 Å².